The quantitative estimate of drug-likeness (QED) is 0.899. The minimum Gasteiger partial charge on any atom is -0.348 e. The van der Waals surface area contributed by atoms with Gasteiger partial charge < -0.3 is 11.1 Å². The van der Waals surface area contributed by atoms with Crippen molar-refractivity contribution in [2.75, 3.05) is 0 Å². The summed E-state index contributed by atoms with van der Waals surface area (Å²) in [7, 11) is 0. The molecule has 1 amide bonds. The van der Waals surface area contributed by atoms with Crippen LogP contribution in [0.15, 0.2) is 24.4 Å². The minimum atomic E-state index is -0.0446. The molecular formula is C14H23Cl2N3O. The topological polar surface area (TPSA) is 68.0 Å². The fourth-order valence-corrected chi connectivity index (χ4v) is 2.50. The van der Waals surface area contributed by atoms with Crippen LogP contribution < -0.4 is 11.1 Å². The van der Waals surface area contributed by atoms with Gasteiger partial charge in [-0.1, -0.05) is 12.5 Å². The van der Waals surface area contributed by atoms with Crippen molar-refractivity contribution in [2.45, 2.75) is 44.7 Å². The highest BCUT2D eigenvalue weighted by atomic mass is 35.5. The Labute approximate surface area is 132 Å². The average molecular weight is 320 g/mol. The van der Waals surface area contributed by atoms with Crippen LogP contribution in [-0.4, -0.2) is 16.9 Å². The van der Waals surface area contributed by atoms with Gasteiger partial charge >= 0.3 is 0 Å². The van der Waals surface area contributed by atoms with Crippen LogP contribution in [0.3, 0.4) is 0 Å². The molecule has 0 spiro atoms. The molecule has 1 aromatic heterocycles. The van der Waals surface area contributed by atoms with Crippen molar-refractivity contribution >= 4 is 30.7 Å². The molecule has 20 heavy (non-hydrogen) atoms. The van der Waals surface area contributed by atoms with Crippen molar-refractivity contribution in [1.82, 2.24) is 10.3 Å². The maximum Gasteiger partial charge on any atom is 0.223 e. The zero-order valence-electron chi connectivity index (χ0n) is 11.6. The SMILES string of the molecule is CC(NC(=O)C1CCCC(N)C1)c1ccccn1.Cl.Cl. The predicted octanol–water partition coefficient (Wildman–Crippen LogP) is 2.62. The lowest BCUT2D eigenvalue weighted by molar-refractivity contribution is -0.126. The van der Waals surface area contributed by atoms with Crippen LogP contribution in [0.4, 0.5) is 0 Å². The molecule has 4 nitrogen and oxygen atoms in total. The summed E-state index contributed by atoms with van der Waals surface area (Å²) in [6.07, 6.45) is 5.60. The molecule has 0 aromatic carbocycles. The van der Waals surface area contributed by atoms with E-state index in [9.17, 15) is 4.79 Å². The van der Waals surface area contributed by atoms with Gasteiger partial charge in [0, 0.05) is 18.2 Å². The van der Waals surface area contributed by atoms with Gasteiger partial charge in [-0.3, -0.25) is 9.78 Å². The summed E-state index contributed by atoms with van der Waals surface area (Å²) in [5.41, 5.74) is 6.81. The Hall–Kier alpha value is -0.840. The van der Waals surface area contributed by atoms with E-state index in [1.165, 1.54) is 0 Å². The molecule has 0 bridgehead atoms. The Bertz CT molecular complexity index is 403. The molecule has 1 saturated carbocycles. The van der Waals surface area contributed by atoms with Gasteiger partial charge in [0.1, 0.15) is 0 Å². The molecule has 3 atom stereocenters. The van der Waals surface area contributed by atoms with E-state index < -0.39 is 0 Å². The van der Waals surface area contributed by atoms with Gasteiger partial charge in [-0.15, -0.1) is 24.8 Å². The average Bonchev–Trinajstić information content (AvgIpc) is 2.39. The fraction of sp³-hybridized carbons (Fsp3) is 0.571. The molecule has 2 rings (SSSR count). The first-order chi connectivity index (χ1) is 8.66. The van der Waals surface area contributed by atoms with Crippen molar-refractivity contribution in [3.63, 3.8) is 0 Å². The monoisotopic (exact) mass is 319 g/mol. The second-order valence-corrected chi connectivity index (χ2v) is 5.11. The molecular weight excluding hydrogens is 297 g/mol. The van der Waals surface area contributed by atoms with Crippen LogP contribution in [0.1, 0.15) is 44.3 Å². The van der Waals surface area contributed by atoms with E-state index in [1.807, 2.05) is 25.1 Å². The summed E-state index contributed by atoms with van der Waals surface area (Å²) < 4.78 is 0. The van der Waals surface area contributed by atoms with Crippen LogP contribution >= 0.6 is 24.8 Å². The highest BCUT2D eigenvalue weighted by Crippen LogP contribution is 2.24. The summed E-state index contributed by atoms with van der Waals surface area (Å²) >= 11 is 0. The Morgan fingerprint density at radius 3 is 2.75 bits per heavy atom. The van der Waals surface area contributed by atoms with Crippen molar-refractivity contribution in [2.24, 2.45) is 11.7 Å². The summed E-state index contributed by atoms with van der Waals surface area (Å²) in [6, 6.07) is 5.87. The van der Waals surface area contributed by atoms with Crippen LogP contribution in [0.2, 0.25) is 0 Å². The number of hydrogen-bond acceptors (Lipinski definition) is 3. The number of nitrogens with two attached hydrogens (primary N) is 1. The molecule has 3 N–H and O–H groups in total. The third kappa shape index (κ3) is 5.27. The Morgan fingerprint density at radius 1 is 1.40 bits per heavy atom. The van der Waals surface area contributed by atoms with Gasteiger partial charge in [0.2, 0.25) is 5.91 Å². The smallest absolute Gasteiger partial charge is 0.223 e. The highest BCUT2D eigenvalue weighted by molar-refractivity contribution is 5.85. The number of nitrogens with zero attached hydrogens (tertiary/aromatic N) is 1. The maximum atomic E-state index is 12.1. The number of halogens is 2. The van der Waals surface area contributed by atoms with Crippen LogP contribution in [-0.2, 0) is 4.79 Å². The summed E-state index contributed by atoms with van der Waals surface area (Å²) in [5.74, 6) is 0.184. The van der Waals surface area contributed by atoms with Crippen molar-refractivity contribution in [1.29, 1.82) is 0 Å². The number of rotatable bonds is 3. The number of carbonyl (C=O) groups is 1. The van der Waals surface area contributed by atoms with Crippen LogP contribution in [0.5, 0.6) is 0 Å². The largest absolute Gasteiger partial charge is 0.348 e. The lowest BCUT2D eigenvalue weighted by Crippen LogP contribution is -2.38. The van der Waals surface area contributed by atoms with E-state index in [4.69, 9.17) is 5.73 Å². The first-order valence-electron chi connectivity index (χ1n) is 6.63. The molecule has 1 aliphatic carbocycles. The Kier molecular flexibility index (Phi) is 8.78. The number of pyridine rings is 1. The molecule has 1 heterocycles. The summed E-state index contributed by atoms with van der Waals surface area (Å²) in [4.78, 5) is 16.4. The number of aromatic nitrogens is 1. The number of hydrogen-bond donors (Lipinski definition) is 2. The number of carbonyl (C=O) groups excluding carboxylic acids is 1. The molecule has 3 unspecified atom stereocenters. The van der Waals surface area contributed by atoms with Crippen LogP contribution in [0.25, 0.3) is 0 Å². The van der Waals surface area contributed by atoms with Crippen molar-refractivity contribution in [3.8, 4) is 0 Å². The zero-order valence-corrected chi connectivity index (χ0v) is 13.3. The Balaban J connectivity index is 0.00000180. The zero-order chi connectivity index (χ0) is 13.0. The van der Waals surface area contributed by atoms with Crippen LogP contribution in [0, 0.1) is 5.92 Å². The van der Waals surface area contributed by atoms with E-state index in [0.29, 0.717) is 0 Å². The fourth-order valence-electron chi connectivity index (χ4n) is 2.50. The Morgan fingerprint density at radius 2 is 2.15 bits per heavy atom. The van der Waals surface area contributed by atoms with Gasteiger partial charge in [-0.25, -0.2) is 0 Å². The van der Waals surface area contributed by atoms with E-state index >= 15 is 0 Å². The van der Waals surface area contributed by atoms with E-state index in [1.54, 1.807) is 6.20 Å². The molecule has 114 valence electrons. The molecule has 1 aliphatic rings. The van der Waals surface area contributed by atoms with E-state index in [2.05, 4.69) is 10.3 Å². The van der Waals surface area contributed by atoms with E-state index in [-0.39, 0.29) is 48.7 Å². The van der Waals surface area contributed by atoms with Gasteiger partial charge in [-0.2, -0.15) is 0 Å². The first-order valence-corrected chi connectivity index (χ1v) is 6.63. The van der Waals surface area contributed by atoms with Crippen molar-refractivity contribution in [3.05, 3.63) is 30.1 Å². The van der Waals surface area contributed by atoms with Gasteiger partial charge in [0.15, 0.2) is 0 Å². The molecule has 1 fully saturated rings. The second kappa shape index (κ2) is 9.16. The highest BCUT2D eigenvalue weighted by Gasteiger charge is 2.26. The molecule has 1 aromatic rings. The van der Waals surface area contributed by atoms with Gasteiger partial charge in [-0.05, 0) is 38.3 Å². The lowest BCUT2D eigenvalue weighted by atomic mass is 9.85. The molecule has 6 heteroatoms. The van der Waals surface area contributed by atoms with E-state index in [0.717, 1.165) is 31.4 Å². The lowest BCUT2D eigenvalue weighted by Gasteiger charge is -2.26. The standard InChI is InChI=1S/C14H21N3O.2ClH/c1-10(13-7-2-3-8-16-13)17-14(18)11-5-4-6-12(15)9-11;;/h2-3,7-8,10-12H,4-6,9,15H2,1H3,(H,17,18);2*1H. The predicted molar refractivity (Wildman–Crippen MR) is 85.2 cm³/mol. The third-order valence-corrected chi connectivity index (χ3v) is 3.58. The third-order valence-electron chi connectivity index (χ3n) is 3.58. The van der Waals surface area contributed by atoms with Gasteiger partial charge in [0.25, 0.3) is 0 Å². The number of nitrogens with one attached hydrogen (secondary N) is 1. The first kappa shape index (κ1) is 19.2. The number of amides is 1. The molecule has 0 radical (unpaired) electrons. The second-order valence-electron chi connectivity index (χ2n) is 5.11. The summed E-state index contributed by atoms with van der Waals surface area (Å²) in [6.45, 7) is 1.96. The summed E-state index contributed by atoms with van der Waals surface area (Å²) in [5, 5.41) is 3.03. The van der Waals surface area contributed by atoms with Gasteiger partial charge in [0.05, 0.1) is 11.7 Å². The van der Waals surface area contributed by atoms with Crippen molar-refractivity contribution < 1.29 is 4.79 Å². The normalized spacial score (nSPS) is 22.9. The minimum absolute atomic E-state index is 0. The molecule has 0 saturated heterocycles. The molecule has 0 aliphatic heterocycles. The maximum absolute atomic E-state index is 12.1.